The summed E-state index contributed by atoms with van der Waals surface area (Å²) in [5.74, 6) is 0.803. The fraction of sp³-hybridized carbons (Fsp3) is 0.385. The lowest BCUT2D eigenvalue weighted by atomic mass is 10.3. The normalized spacial score (nSPS) is 15.2. The van der Waals surface area contributed by atoms with Crippen LogP contribution >= 0.6 is 0 Å². The smallest absolute Gasteiger partial charge is 0.241 e. The Hall–Kier alpha value is -2.04. The number of likely N-dealkylation sites (tertiary alicyclic amines) is 1. The molecule has 3 rings (SSSR count). The number of para-hydroxylation sites is 2. The second-order valence-corrected chi connectivity index (χ2v) is 4.54. The lowest BCUT2D eigenvalue weighted by Gasteiger charge is -2.14. The van der Waals surface area contributed by atoms with Crippen LogP contribution in [0.25, 0.3) is 11.0 Å². The second-order valence-electron chi connectivity index (χ2n) is 4.54. The van der Waals surface area contributed by atoms with Crippen molar-refractivity contribution in [1.29, 1.82) is 0 Å². The van der Waals surface area contributed by atoms with E-state index in [9.17, 15) is 4.79 Å². The lowest BCUT2D eigenvalue weighted by molar-refractivity contribution is -0.128. The van der Waals surface area contributed by atoms with Gasteiger partial charge in [0.25, 0.3) is 0 Å². The molecule has 2 heterocycles. The second kappa shape index (κ2) is 4.68. The van der Waals surface area contributed by atoms with Gasteiger partial charge in [0, 0.05) is 13.1 Å². The summed E-state index contributed by atoms with van der Waals surface area (Å²) in [7, 11) is 0. The molecular formula is C13H16N4O. The Kier molecular flexibility index (Phi) is 2.88. The van der Waals surface area contributed by atoms with Crippen LogP contribution in [0.1, 0.15) is 12.8 Å². The van der Waals surface area contributed by atoms with Crippen molar-refractivity contribution in [3.63, 3.8) is 0 Å². The number of benzene rings is 1. The van der Waals surface area contributed by atoms with E-state index in [0.717, 1.165) is 37.0 Å². The molecule has 18 heavy (non-hydrogen) atoms. The Morgan fingerprint density at radius 2 is 2.11 bits per heavy atom. The molecule has 1 aliphatic rings. The molecule has 1 aromatic carbocycles. The molecule has 0 saturated carbocycles. The average molecular weight is 244 g/mol. The molecule has 1 amide bonds. The standard InChI is InChI=1S/C13H16N4O/c18-12(17-7-3-4-8-17)9-14-13-15-10-5-1-2-6-11(10)16-13/h1-2,5-6H,3-4,7-9H2,(H2,14,15,16). The monoisotopic (exact) mass is 244 g/mol. The van der Waals surface area contributed by atoms with Crippen molar-refractivity contribution in [3.8, 4) is 0 Å². The van der Waals surface area contributed by atoms with Crippen LogP contribution in [0.5, 0.6) is 0 Å². The Bertz CT molecular complexity index is 524. The van der Waals surface area contributed by atoms with Gasteiger partial charge >= 0.3 is 0 Å². The number of rotatable bonds is 3. The van der Waals surface area contributed by atoms with Gasteiger partial charge in [-0.2, -0.15) is 0 Å². The molecule has 1 saturated heterocycles. The molecule has 0 bridgehead atoms. The topological polar surface area (TPSA) is 61.0 Å². The van der Waals surface area contributed by atoms with Crippen LogP contribution in [-0.2, 0) is 4.79 Å². The van der Waals surface area contributed by atoms with Gasteiger partial charge in [-0.1, -0.05) is 12.1 Å². The summed E-state index contributed by atoms with van der Waals surface area (Å²) in [6.07, 6.45) is 2.24. The zero-order valence-corrected chi connectivity index (χ0v) is 10.1. The number of fused-ring (bicyclic) bond motifs is 1. The van der Waals surface area contributed by atoms with Crippen LogP contribution in [0.2, 0.25) is 0 Å². The quantitative estimate of drug-likeness (QED) is 0.862. The zero-order valence-electron chi connectivity index (χ0n) is 10.1. The zero-order chi connectivity index (χ0) is 12.4. The van der Waals surface area contributed by atoms with Gasteiger partial charge in [0.1, 0.15) is 0 Å². The number of nitrogens with one attached hydrogen (secondary N) is 2. The minimum absolute atomic E-state index is 0.146. The maximum Gasteiger partial charge on any atom is 0.241 e. The minimum Gasteiger partial charge on any atom is -0.347 e. The first-order valence-electron chi connectivity index (χ1n) is 6.29. The maximum atomic E-state index is 11.9. The number of hydrogen-bond acceptors (Lipinski definition) is 3. The van der Waals surface area contributed by atoms with Crippen molar-refractivity contribution in [2.24, 2.45) is 0 Å². The number of aromatic amines is 1. The predicted octanol–water partition coefficient (Wildman–Crippen LogP) is 1.60. The van der Waals surface area contributed by atoms with E-state index in [4.69, 9.17) is 0 Å². The molecule has 1 aromatic heterocycles. The first kappa shape index (κ1) is 11.1. The van der Waals surface area contributed by atoms with Gasteiger partial charge in [-0.15, -0.1) is 0 Å². The number of amides is 1. The fourth-order valence-corrected chi connectivity index (χ4v) is 2.27. The number of H-pyrrole nitrogens is 1. The van der Waals surface area contributed by atoms with E-state index in [1.54, 1.807) is 0 Å². The van der Waals surface area contributed by atoms with E-state index in [1.807, 2.05) is 29.2 Å². The highest BCUT2D eigenvalue weighted by Gasteiger charge is 2.17. The maximum absolute atomic E-state index is 11.9. The molecule has 0 radical (unpaired) electrons. The highest BCUT2D eigenvalue weighted by Crippen LogP contribution is 2.13. The van der Waals surface area contributed by atoms with E-state index >= 15 is 0 Å². The van der Waals surface area contributed by atoms with Gasteiger partial charge in [-0.3, -0.25) is 4.79 Å². The summed E-state index contributed by atoms with van der Waals surface area (Å²) in [5.41, 5.74) is 1.89. The number of carbonyl (C=O) groups excluding carboxylic acids is 1. The van der Waals surface area contributed by atoms with Crippen LogP contribution in [0.3, 0.4) is 0 Å². The first-order chi connectivity index (χ1) is 8.83. The molecule has 0 unspecified atom stereocenters. The number of nitrogens with zero attached hydrogens (tertiary/aromatic N) is 2. The van der Waals surface area contributed by atoms with Crippen LogP contribution in [0.15, 0.2) is 24.3 Å². The summed E-state index contributed by atoms with van der Waals surface area (Å²) in [5, 5.41) is 3.05. The minimum atomic E-state index is 0.146. The molecule has 0 atom stereocenters. The molecule has 5 nitrogen and oxygen atoms in total. The largest absolute Gasteiger partial charge is 0.347 e. The Balaban J connectivity index is 1.63. The van der Waals surface area contributed by atoms with Gasteiger partial charge in [-0.25, -0.2) is 4.98 Å². The van der Waals surface area contributed by atoms with E-state index in [2.05, 4.69) is 15.3 Å². The molecule has 94 valence electrons. The van der Waals surface area contributed by atoms with E-state index in [-0.39, 0.29) is 5.91 Å². The van der Waals surface area contributed by atoms with Crippen molar-refractivity contribution in [2.75, 3.05) is 25.0 Å². The predicted molar refractivity (Wildman–Crippen MR) is 70.4 cm³/mol. The van der Waals surface area contributed by atoms with Gasteiger partial charge in [0.2, 0.25) is 11.9 Å². The van der Waals surface area contributed by atoms with Gasteiger partial charge in [0.15, 0.2) is 0 Å². The van der Waals surface area contributed by atoms with Crippen LogP contribution < -0.4 is 5.32 Å². The Morgan fingerprint density at radius 1 is 1.33 bits per heavy atom. The summed E-state index contributed by atoms with van der Waals surface area (Å²) in [6, 6.07) is 7.82. The number of imidazole rings is 1. The first-order valence-corrected chi connectivity index (χ1v) is 6.29. The molecule has 1 fully saturated rings. The van der Waals surface area contributed by atoms with Crippen molar-refractivity contribution in [3.05, 3.63) is 24.3 Å². The highest BCUT2D eigenvalue weighted by molar-refractivity contribution is 5.82. The van der Waals surface area contributed by atoms with Crippen molar-refractivity contribution in [1.82, 2.24) is 14.9 Å². The van der Waals surface area contributed by atoms with Crippen LogP contribution in [-0.4, -0.2) is 40.4 Å². The molecule has 0 aliphatic carbocycles. The van der Waals surface area contributed by atoms with Crippen molar-refractivity contribution in [2.45, 2.75) is 12.8 Å². The third kappa shape index (κ3) is 2.16. The molecule has 1 aliphatic heterocycles. The number of hydrogen-bond donors (Lipinski definition) is 2. The molecular weight excluding hydrogens is 228 g/mol. The Morgan fingerprint density at radius 3 is 2.89 bits per heavy atom. The van der Waals surface area contributed by atoms with Gasteiger partial charge < -0.3 is 15.2 Å². The summed E-state index contributed by atoms with van der Waals surface area (Å²) in [4.78, 5) is 21.3. The summed E-state index contributed by atoms with van der Waals surface area (Å²) in [6.45, 7) is 2.08. The fourth-order valence-electron chi connectivity index (χ4n) is 2.27. The van der Waals surface area contributed by atoms with Crippen LogP contribution in [0.4, 0.5) is 5.95 Å². The average Bonchev–Trinajstić information content (AvgIpc) is 3.04. The Labute approximate surface area is 105 Å². The highest BCUT2D eigenvalue weighted by atomic mass is 16.2. The molecule has 2 aromatic rings. The number of carbonyl (C=O) groups is 1. The van der Waals surface area contributed by atoms with E-state index < -0.39 is 0 Å². The third-order valence-electron chi connectivity index (χ3n) is 3.26. The van der Waals surface area contributed by atoms with Crippen LogP contribution in [0, 0.1) is 0 Å². The van der Waals surface area contributed by atoms with Gasteiger partial charge in [0.05, 0.1) is 17.6 Å². The van der Waals surface area contributed by atoms with Crippen molar-refractivity contribution >= 4 is 22.9 Å². The molecule has 5 heteroatoms. The number of aromatic nitrogens is 2. The summed E-state index contributed by atoms with van der Waals surface area (Å²) >= 11 is 0. The van der Waals surface area contributed by atoms with E-state index in [1.165, 1.54) is 0 Å². The SMILES string of the molecule is O=C(CNc1nc2ccccc2[nH]1)N1CCCC1. The molecule has 2 N–H and O–H groups in total. The molecule has 0 spiro atoms. The number of anilines is 1. The van der Waals surface area contributed by atoms with E-state index in [0.29, 0.717) is 12.5 Å². The lowest BCUT2D eigenvalue weighted by Crippen LogP contribution is -2.33. The van der Waals surface area contributed by atoms with Crippen molar-refractivity contribution < 1.29 is 4.79 Å². The van der Waals surface area contributed by atoms with Gasteiger partial charge in [-0.05, 0) is 25.0 Å². The third-order valence-corrected chi connectivity index (χ3v) is 3.26. The summed E-state index contributed by atoms with van der Waals surface area (Å²) < 4.78 is 0.